The average Bonchev–Trinajstić information content (AvgIpc) is 2.74. The van der Waals surface area contributed by atoms with Crippen LogP contribution in [0, 0.1) is 0 Å². The van der Waals surface area contributed by atoms with Gasteiger partial charge in [-0.25, -0.2) is 0 Å². The van der Waals surface area contributed by atoms with Gasteiger partial charge in [-0.05, 0) is 36.4 Å². The molecule has 0 fully saturated rings. The Morgan fingerprint density at radius 2 is 0.963 bits per heavy atom. The Hall–Kier alpha value is -3.44. The Balaban J connectivity index is 1.71. The number of benzene rings is 2. The van der Waals surface area contributed by atoms with Crippen molar-refractivity contribution in [1.29, 1.82) is 0 Å². The van der Waals surface area contributed by atoms with E-state index < -0.39 is 8.88 Å². The Labute approximate surface area is 157 Å². The van der Waals surface area contributed by atoms with Crippen LogP contribution in [0.1, 0.15) is 0 Å². The number of pyridine rings is 2. The first-order valence-corrected chi connectivity index (χ1v) is 10.7. The van der Waals surface area contributed by atoms with Gasteiger partial charge in [0.25, 0.3) is 0 Å². The Morgan fingerprint density at radius 3 is 1.48 bits per heavy atom. The Bertz CT molecular complexity index is 1110. The summed E-state index contributed by atoms with van der Waals surface area (Å²) in [7, 11) is -3.08. The molecule has 2 aromatic heterocycles. The molecule has 0 unspecified atom stereocenters. The van der Waals surface area contributed by atoms with Crippen molar-refractivity contribution in [2.75, 3.05) is 0 Å². The minimum absolute atomic E-state index is 0.858. The number of hydrogen-bond donors (Lipinski definition) is 0. The highest BCUT2D eigenvalue weighted by Crippen LogP contribution is 2.37. The summed E-state index contributed by atoms with van der Waals surface area (Å²) in [5.41, 5.74) is 4.37. The van der Waals surface area contributed by atoms with E-state index in [9.17, 15) is 0 Å². The van der Waals surface area contributed by atoms with Crippen LogP contribution in [0.5, 0.6) is 11.5 Å². The van der Waals surface area contributed by atoms with Crippen molar-refractivity contribution in [3.05, 3.63) is 97.3 Å². The number of para-hydroxylation sites is 2. The molecule has 4 nitrogen and oxygen atoms in total. The molecule has 2 aliphatic heterocycles. The standard InChI is InChI=1S/C22H16N2O2Si/c1-3-13-21-17(9-1)19-11-5-7-15-23(19)27(25-21)24-16-8-6-12-20(24)18-10-2-4-14-22(18)26-27/h1-16H/q+2. The van der Waals surface area contributed by atoms with E-state index in [1.807, 2.05) is 48.5 Å². The summed E-state index contributed by atoms with van der Waals surface area (Å²) in [6, 6.07) is 28.8. The van der Waals surface area contributed by atoms with Gasteiger partial charge in [-0.2, -0.15) is 0 Å². The SMILES string of the molecule is c1ccc2c(c1)O[Si]1(Oc3ccccc3-c3cccc[n+]31)[n+]1ccccc1-2. The summed E-state index contributed by atoms with van der Waals surface area (Å²) in [6.07, 6.45) is 4.13. The van der Waals surface area contributed by atoms with E-state index in [4.69, 9.17) is 8.85 Å². The van der Waals surface area contributed by atoms with Gasteiger partial charge in [0.15, 0.2) is 12.4 Å². The molecule has 0 amide bonds. The highest BCUT2D eigenvalue weighted by atomic mass is 28.4. The van der Waals surface area contributed by atoms with Gasteiger partial charge in [0, 0.05) is 24.3 Å². The third-order valence-corrected chi connectivity index (χ3v) is 8.11. The van der Waals surface area contributed by atoms with Gasteiger partial charge in [-0.1, -0.05) is 24.3 Å². The molecule has 128 valence electrons. The van der Waals surface area contributed by atoms with Crippen molar-refractivity contribution in [1.82, 2.24) is 0 Å². The van der Waals surface area contributed by atoms with Crippen molar-refractivity contribution >= 4 is 8.88 Å². The Kier molecular flexibility index (Phi) is 2.87. The van der Waals surface area contributed by atoms with Crippen molar-refractivity contribution in [2.24, 2.45) is 0 Å². The van der Waals surface area contributed by atoms with Crippen LogP contribution in [-0.4, -0.2) is 8.88 Å². The predicted octanol–water partition coefficient (Wildman–Crippen LogP) is 3.21. The van der Waals surface area contributed by atoms with Gasteiger partial charge in [0.1, 0.15) is 11.5 Å². The summed E-state index contributed by atoms with van der Waals surface area (Å²) in [6.45, 7) is 0. The number of nitrogens with zero attached hydrogens (tertiary/aromatic N) is 2. The van der Waals surface area contributed by atoms with Gasteiger partial charge in [-0.3, -0.25) is 0 Å². The normalized spacial score (nSPS) is 14.8. The largest absolute Gasteiger partial charge is 1.19 e. The molecule has 27 heavy (non-hydrogen) atoms. The highest BCUT2D eigenvalue weighted by molar-refractivity contribution is 6.52. The van der Waals surface area contributed by atoms with Crippen molar-refractivity contribution < 1.29 is 17.3 Å². The molecule has 0 saturated carbocycles. The molecule has 4 heterocycles. The van der Waals surface area contributed by atoms with E-state index in [1.165, 1.54) is 0 Å². The van der Waals surface area contributed by atoms with Crippen LogP contribution in [0.4, 0.5) is 0 Å². The number of aromatic nitrogens is 2. The van der Waals surface area contributed by atoms with Crippen LogP contribution < -0.4 is 17.3 Å². The predicted molar refractivity (Wildman–Crippen MR) is 102 cm³/mol. The first-order valence-electron chi connectivity index (χ1n) is 8.96. The molecule has 0 atom stereocenters. The molecule has 2 aliphatic rings. The van der Waals surface area contributed by atoms with Crippen LogP contribution in [0.25, 0.3) is 22.5 Å². The van der Waals surface area contributed by atoms with Crippen LogP contribution >= 0.6 is 0 Å². The third-order valence-electron chi connectivity index (χ3n) is 5.14. The van der Waals surface area contributed by atoms with Gasteiger partial charge < -0.3 is 8.85 Å². The second-order valence-corrected chi connectivity index (χ2v) is 9.13. The molecule has 6 rings (SSSR count). The van der Waals surface area contributed by atoms with E-state index in [0.29, 0.717) is 0 Å². The van der Waals surface area contributed by atoms with Gasteiger partial charge in [-0.15, -0.1) is 8.47 Å². The van der Waals surface area contributed by atoms with E-state index in [-0.39, 0.29) is 0 Å². The summed E-state index contributed by atoms with van der Waals surface area (Å²) < 4.78 is 17.8. The minimum Gasteiger partial charge on any atom is -0.407 e. The first-order chi connectivity index (χ1) is 13.4. The molecular formula is C22H16N2O2Si+2. The smallest absolute Gasteiger partial charge is 0.407 e. The minimum atomic E-state index is -3.08. The maximum atomic E-state index is 6.71. The van der Waals surface area contributed by atoms with Crippen molar-refractivity contribution in [2.45, 2.75) is 0 Å². The lowest BCUT2D eigenvalue weighted by Crippen LogP contribution is -2.90. The third kappa shape index (κ3) is 1.91. The quantitative estimate of drug-likeness (QED) is 0.446. The lowest BCUT2D eigenvalue weighted by Gasteiger charge is -2.27. The van der Waals surface area contributed by atoms with Crippen LogP contribution in [-0.2, 0) is 0 Å². The van der Waals surface area contributed by atoms with Gasteiger partial charge >= 0.3 is 8.88 Å². The summed E-state index contributed by atoms with van der Waals surface area (Å²) in [5, 5.41) is 0. The van der Waals surface area contributed by atoms with Gasteiger partial charge in [0.2, 0.25) is 11.4 Å². The second-order valence-electron chi connectivity index (χ2n) is 6.66. The molecule has 0 radical (unpaired) electrons. The van der Waals surface area contributed by atoms with E-state index in [1.54, 1.807) is 0 Å². The summed E-state index contributed by atoms with van der Waals surface area (Å²) >= 11 is 0. The number of hydrogen-bond acceptors (Lipinski definition) is 2. The second kappa shape index (κ2) is 5.28. The van der Waals surface area contributed by atoms with Crippen molar-refractivity contribution in [3.63, 3.8) is 0 Å². The molecule has 0 aliphatic carbocycles. The molecule has 0 N–H and O–H groups in total. The fourth-order valence-electron chi connectivity index (χ4n) is 3.97. The zero-order valence-corrected chi connectivity index (χ0v) is 15.4. The molecule has 0 bridgehead atoms. The number of rotatable bonds is 0. The van der Waals surface area contributed by atoms with E-state index in [2.05, 4.69) is 57.3 Å². The molecule has 4 aromatic rings. The lowest BCUT2D eigenvalue weighted by atomic mass is 10.1. The molecule has 2 aromatic carbocycles. The summed E-state index contributed by atoms with van der Waals surface area (Å²) in [4.78, 5) is 0. The molecule has 1 spiro atoms. The highest BCUT2D eigenvalue weighted by Gasteiger charge is 2.83. The average molecular weight is 368 g/mol. The van der Waals surface area contributed by atoms with Crippen LogP contribution in [0.3, 0.4) is 0 Å². The zero-order chi connectivity index (χ0) is 17.8. The maximum absolute atomic E-state index is 6.71. The zero-order valence-electron chi connectivity index (χ0n) is 14.4. The first kappa shape index (κ1) is 14.7. The maximum Gasteiger partial charge on any atom is 1.19 e. The van der Waals surface area contributed by atoms with E-state index in [0.717, 1.165) is 34.0 Å². The van der Waals surface area contributed by atoms with Crippen LogP contribution in [0.2, 0.25) is 0 Å². The lowest BCUT2D eigenvalue weighted by molar-refractivity contribution is -0.713. The van der Waals surface area contributed by atoms with Crippen LogP contribution in [0.15, 0.2) is 97.3 Å². The molecule has 5 heteroatoms. The fraction of sp³-hybridized carbons (Fsp3) is 0. The number of fused-ring (bicyclic) bond motifs is 8. The molecular weight excluding hydrogens is 352 g/mol. The fourth-order valence-corrected chi connectivity index (χ4v) is 7.12. The van der Waals surface area contributed by atoms with Gasteiger partial charge in [0.05, 0.1) is 11.1 Å². The monoisotopic (exact) mass is 368 g/mol. The molecule has 0 saturated heterocycles. The van der Waals surface area contributed by atoms with E-state index >= 15 is 0 Å². The summed E-state index contributed by atoms with van der Waals surface area (Å²) in [5.74, 6) is 1.72. The Morgan fingerprint density at radius 1 is 0.519 bits per heavy atom. The van der Waals surface area contributed by atoms with Crippen molar-refractivity contribution in [3.8, 4) is 34.0 Å². The topological polar surface area (TPSA) is 26.2 Å².